The number of amides is 2. The van der Waals surface area contributed by atoms with Crippen molar-refractivity contribution < 1.29 is 14.3 Å². The van der Waals surface area contributed by atoms with Crippen molar-refractivity contribution in [1.82, 2.24) is 28.8 Å². The van der Waals surface area contributed by atoms with E-state index in [1.807, 2.05) is 71.0 Å². The molecule has 0 radical (unpaired) electrons. The molecule has 9 nitrogen and oxygen atoms in total. The summed E-state index contributed by atoms with van der Waals surface area (Å²) in [6.07, 6.45) is 13.4. The van der Waals surface area contributed by atoms with Crippen LogP contribution in [0.1, 0.15) is 34.5 Å². The molecule has 0 aliphatic carbocycles. The summed E-state index contributed by atoms with van der Waals surface area (Å²) in [6, 6.07) is 24.7. The van der Waals surface area contributed by atoms with Gasteiger partial charge in [-0.2, -0.15) is 0 Å². The van der Waals surface area contributed by atoms with Crippen molar-refractivity contribution in [3.05, 3.63) is 121 Å². The summed E-state index contributed by atoms with van der Waals surface area (Å²) in [5, 5.41) is 2.29. The number of nitrogens with zero attached hydrogens (tertiary/aromatic N) is 6. The van der Waals surface area contributed by atoms with Gasteiger partial charge in [0.25, 0.3) is 5.91 Å². The van der Waals surface area contributed by atoms with Gasteiger partial charge in [-0.15, -0.1) is 0 Å². The zero-order valence-corrected chi connectivity index (χ0v) is 28.2. The number of rotatable bonds is 9. The highest BCUT2D eigenvalue weighted by Gasteiger charge is 2.27. The SMILES string of the molecule is CN1CCN(C(=O)c2cn(Cc3cncn3CC3CCN(C(=O)OCC=Cc4ccccc4)CC3)cc2-c2cccc3ccccc23)CC1. The molecule has 5 aromatic rings. The van der Waals surface area contributed by atoms with Gasteiger partial charge in [-0.05, 0) is 53.8 Å². The molecule has 49 heavy (non-hydrogen) atoms. The summed E-state index contributed by atoms with van der Waals surface area (Å²) >= 11 is 0. The number of fused-ring (bicyclic) bond motifs is 1. The number of aromatic nitrogens is 3. The molecule has 4 heterocycles. The molecular formula is C40H44N6O3. The first kappa shape index (κ1) is 32.4. The first-order valence-electron chi connectivity index (χ1n) is 17.3. The second kappa shape index (κ2) is 15.0. The molecule has 2 aromatic heterocycles. The number of likely N-dealkylation sites (N-methyl/N-ethyl adjacent to an activating group) is 1. The number of likely N-dealkylation sites (tertiary alicyclic amines) is 1. The van der Waals surface area contributed by atoms with E-state index in [4.69, 9.17) is 4.74 Å². The first-order valence-corrected chi connectivity index (χ1v) is 17.3. The predicted molar refractivity (Wildman–Crippen MR) is 193 cm³/mol. The van der Waals surface area contributed by atoms with E-state index in [0.717, 1.165) is 84.3 Å². The molecule has 2 amide bonds. The van der Waals surface area contributed by atoms with Gasteiger partial charge in [0, 0.05) is 70.0 Å². The summed E-state index contributed by atoms with van der Waals surface area (Å²) < 4.78 is 9.88. The van der Waals surface area contributed by atoms with Crippen molar-refractivity contribution in [2.45, 2.75) is 25.9 Å². The fraction of sp³-hybridized carbons (Fsp3) is 0.325. The number of hydrogen-bond acceptors (Lipinski definition) is 5. The van der Waals surface area contributed by atoms with Crippen LogP contribution in [0, 0.1) is 5.92 Å². The van der Waals surface area contributed by atoms with Crippen LogP contribution in [-0.2, 0) is 17.8 Å². The number of piperidine rings is 1. The van der Waals surface area contributed by atoms with Crippen LogP contribution < -0.4 is 0 Å². The normalized spacial score (nSPS) is 16.1. The molecule has 0 atom stereocenters. The van der Waals surface area contributed by atoms with Gasteiger partial charge in [-0.1, -0.05) is 78.9 Å². The number of benzene rings is 3. The molecule has 9 heteroatoms. The number of carbonyl (C=O) groups excluding carboxylic acids is 2. The number of hydrogen-bond donors (Lipinski definition) is 0. The molecule has 2 aliphatic rings. The maximum Gasteiger partial charge on any atom is 0.410 e. The first-order chi connectivity index (χ1) is 24.0. The van der Waals surface area contributed by atoms with Gasteiger partial charge in [0.1, 0.15) is 6.61 Å². The average Bonchev–Trinajstić information content (AvgIpc) is 3.77. The van der Waals surface area contributed by atoms with E-state index in [0.29, 0.717) is 25.6 Å². The van der Waals surface area contributed by atoms with E-state index < -0.39 is 0 Å². The highest BCUT2D eigenvalue weighted by molar-refractivity contribution is 6.06. The molecule has 0 bridgehead atoms. The molecule has 252 valence electrons. The van der Waals surface area contributed by atoms with Crippen LogP contribution in [0.3, 0.4) is 0 Å². The molecule has 3 aromatic carbocycles. The standard InChI is InChI=1S/C40H44N6O3/c1-42-20-22-44(23-21-42)39(47)38-29-43(28-37(38)36-15-7-13-33-12-5-6-14-35(33)36)27-34-25-41-30-46(34)26-32-16-18-45(19-17-32)40(48)49-24-8-11-31-9-3-2-4-10-31/h2-15,25,28-30,32H,16-24,26-27H2,1H3. The second-order valence-electron chi connectivity index (χ2n) is 13.2. The van der Waals surface area contributed by atoms with Crippen molar-refractivity contribution in [1.29, 1.82) is 0 Å². The fourth-order valence-electron chi connectivity index (χ4n) is 6.99. The Morgan fingerprint density at radius 1 is 0.837 bits per heavy atom. The summed E-state index contributed by atoms with van der Waals surface area (Å²) in [5.41, 5.74) is 4.94. The summed E-state index contributed by atoms with van der Waals surface area (Å²) in [5.74, 6) is 0.515. The lowest BCUT2D eigenvalue weighted by atomic mass is 9.97. The molecule has 2 fully saturated rings. The third-order valence-corrected chi connectivity index (χ3v) is 9.86. The summed E-state index contributed by atoms with van der Waals surface area (Å²) in [4.78, 5) is 37.3. The van der Waals surface area contributed by atoms with Crippen molar-refractivity contribution in [2.24, 2.45) is 5.92 Å². The van der Waals surface area contributed by atoms with Crippen LogP contribution in [-0.4, -0.2) is 93.7 Å². The Morgan fingerprint density at radius 3 is 2.41 bits per heavy atom. The Balaban J connectivity index is 1.02. The van der Waals surface area contributed by atoms with Crippen LogP contribution in [0.4, 0.5) is 4.79 Å². The van der Waals surface area contributed by atoms with E-state index in [-0.39, 0.29) is 18.6 Å². The van der Waals surface area contributed by atoms with Gasteiger partial charge in [0.05, 0.1) is 24.1 Å². The van der Waals surface area contributed by atoms with Gasteiger partial charge in [0.15, 0.2) is 0 Å². The molecular weight excluding hydrogens is 612 g/mol. The van der Waals surface area contributed by atoms with Crippen LogP contribution in [0.2, 0.25) is 0 Å². The minimum Gasteiger partial charge on any atom is -0.445 e. The van der Waals surface area contributed by atoms with Gasteiger partial charge in [-0.25, -0.2) is 9.78 Å². The van der Waals surface area contributed by atoms with Crippen molar-refractivity contribution in [2.75, 3.05) is 52.9 Å². The van der Waals surface area contributed by atoms with Crippen LogP contribution >= 0.6 is 0 Å². The van der Waals surface area contributed by atoms with Crippen LogP contribution in [0.15, 0.2) is 104 Å². The Kier molecular flexibility index (Phi) is 9.89. The molecule has 0 N–H and O–H groups in total. The highest BCUT2D eigenvalue weighted by Crippen LogP contribution is 2.33. The smallest absolute Gasteiger partial charge is 0.410 e. The van der Waals surface area contributed by atoms with E-state index in [1.54, 1.807) is 0 Å². The lowest BCUT2D eigenvalue weighted by Gasteiger charge is -2.32. The lowest BCUT2D eigenvalue weighted by molar-refractivity contribution is 0.0664. The largest absolute Gasteiger partial charge is 0.445 e. The van der Waals surface area contributed by atoms with E-state index in [9.17, 15) is 9.59 Å². The number of ether oxygens (including phenoxy) is 1. The molecule has 0 unspecified atom stereocenters. The fourth-order valence-corrected chi connectivity index (χ4v) is 6.99. The third kappa shape index (κ3) is 7.62. The van der Waals surface area contributed by atoms with Crippen LogP contribution in [0.25, 0.3) is 28.0 Å². The predicted octanol–water partition coefficient (Wildman–Crippen LogP) is 6.50. The molecule has 2 saturated heterocycles. The minimum atomic E-state index is -0.254. The van der Waals surface area contributed by atoms with Crippen molar-refractivity contribution in [3.63, 3.8) is 0 Å². The minimum absolute atomic E-state index is 0.0841. The Hall–Kier alpha value is -5.15. The summed E-state index contributed by atoms with van der Waals surface area (Å²) in [6.45, 7) is 6.27. The molecule has 0 saturated carbocycles. The lowest BCUT2D eigenvalue weighted by Crippen LogP contribution is -2.47. The Morgan fingerprint density at radius 2 is 1.59 bits per heavy atom. The topological polar surface area (TPSA) is 75.8 Å². The van der Waals surface area contributed by atoms with Gasteiger partial charge in [-0.3, -0.25) is 4.79 Å². The van der Waals surface area contributed by atoms with Gasteiger partial charge < -0.3 is 28.6 Å². The van der Waals surface area contributed by atoms with E-state index in [2.05, 4.69) is 74.7 Å². The van der Waals surface area contributed by atoms with Gasteiger partial charge >= 0.3 is 6.09 Å². The number of imidazole rings is 1. The van der Waals surface area contributed by atoms with Crippen molar-refractivity contribution >= 4 is 28.8 Å². The number of carbonyl (C=O) groups is 2. The molecule has 7 rings (SSSR count). The second-order valence-corrected chi connectivity index (χ2v) is 13.2. The zero-order chi connectivity index (χ0) is 33.6. The molecule has 2 aliphatic heterocycles. The monoisotopic (exact) mass is 656 g/mol. The van der Waals surface area contributed by atoms with E-state index >= 15 is 0 Å². The van der Waals surface area contributed by atoms with E-state index in [1.165, 1.54) is 0 Å². The maximum absolute atomic E-state index is 14.0. The molecule has 0 spiro atoms. The Labute approximate surface area is 288 Å². The van der Waals surface area contributed by atoms with Gasteiger partial charge in [0.2, 0.25) is 0 Å². The zero-order valence-electron chi connectivity index (χ0n) is 28.2. The average molecular weight is 657 g/mol. The maximum atomic E-state index is 14.0. The Bertz CT molecular complexity index is 1910. The summed E-state index contributed by atoms with van der Waals surface area (Å²) in [7, 11) is 2.10. The highest BCUT2D eigenvalue weighted by atomic mass is 16.6. The quantitative estimate of drug-likeness (QED) is 0.181. The third-order valence-electron chi connectivity index (χ3n) is 9.86. The van der Waals surface area contributed by atoms with Crippen molar-refractivity contribution in [3.8, 4) is 11.1 Å². The number of piperazine rings is 1. The van der Waals surface area contributed by atoms with Crippen LogP contribution in [0.5, 0.6) is 0 Å².